The predicted octanol–water partition coefficient (Wildman–Crippen LogP) is 0.615. The first kappa shape index (κ1) is 10.5. The summed E-state index contributed by atoms with van der Waals surface area (Å²) in [5.74, 6) is -0.301. The first-order valence-corrected chi connectivity index (χ1v) is 4.38. The van der Waals surface area contributed by atoms with Crippen LogP contribution in [0.1, 0.15) is 20.8 Å². The van der Waals surface area contributed by atoms with Gasteiger partial charge in [0, 0.05) is 6.04 Å². The van der Waals surface area contributed by atoms with Crippen molar-refractivity contribution < 1.29 is 14.3 Å². The Bertz CT molecular complexity index is 215. The van der Waals surface area contributed by atoms with Crippen molar-refractivity contribution in [3.63, 3.8) is 0 Å². The molecule has 0 amide bonds. The minimum absolute atomic E-state index is 0.0578. The van der Waals surface area contributed by atoms with Crippen LogP contribution >= 0.6 is 0 Å². The summed E-state index contributed by atoms with van der Waals surface area (Å²) in [6.07, 6.45) is -0.468. The molecule has 1 heterocycles. The summed E-state index contributed by atoms with van der Waals surface area (Å²) in [4.78, 5) is 13.3. The Kier molecular flexibility index (Phi) is 2.63. The fourth-order valence-electron chi connectivity index (χ4n) is 1.55. The van der Waals surface area contributed by atoms with E-state index in [1.165, 1.54) is 7.11 Å². The summed E-state index contributed by atoms with van der Waals surface area (Å²) in [5, 5.41) is 0. The number of carbonyl (C=O) groups is 1. The molecule has 1 fully saturated rings. The third-order valence-corrected chi connectivity index (χ3v) is 2.75. The lowest BCUT2D eigenvalue weighted by atomic mass is 10.2. The van der Waals surface area contributed by atoms with E-state index in [0.717, 1.165) is 0 Å². The van der Waals surface area contributed by atoms with Gasteiger partial charge in [0.1, 0.15) is 5.72 Å². The largest absolute Gasteiger partial charge is 0.467 e. The Balaban J connectivity index is 2.78. The molecule has 13 heavy (non-hydrogen) atoms. The molecule has 0 aromatic carbocycles. The van der Waals surface area contributed by atoms with Crippen molar-refractivity contribution in [1.82, 2.24) is 4.90 Å². The highest BCUT2D eigenvalue weighted by molar-refractivity contribution is 5.75. The van der Waals surface area contributed by atoms with Gasteiger partial charge in [-0.15, -0.1) is 0 Å². The van der Waals surface area contributed by atoms with Gasteiger partial charge >= 0.3 is 5.97 Å². The van der Waals surface area contributed by atoms with E-state index in [-0.39, 0.29) is 12.0 Å². The average molecular weight is 187 g/mol. The van der Waals surface area contributed by atoms with Crippen LogP contribution in [0.3, 0.4) is 0 Å². The standard InChI is InChI=1S/C9H17NO3/c1-6-7(8(11)12-5)13-9(2,3)10(6)4/h6-7H,1-5H3. The van der Waals surface area contributed by atoms with Crippen molar-refractivity contribution in [2.24, 2.45) is 0 Å². The van der Waals surface area contributed by atoms with Crippen LogP contribution in [0.25, 0.3) is 0 Å². The van der Waals surface area contributed by atoms with E-state index in [2.05, 4.69) is 4.74 Å². The SMILES string of the molecule is COC(=O)C1OC(C)(C)N(C)C1C. The van der Waals surface area contributed by atoms with Crippen LogP contribution < -0.4 is 0 Å². The van der Waals surface area contributed by atoms with Gasteiger partial charge in [-0.1, -0.05) is 0 Å². The fourth-order valence-corrected chi connectivity index (χ4v) is 1.55. The summed E-state index contributed by atoms with van der Waals surface area (Å²) in [5.41, 5.74) is -0.391. The Morgan fingerprint density at radius 3 is 2.38 bits per heavy atom. The van der Waals surface area contributed by atoms with Crippen LogP contribution in [0.5, 0.6) is 0 Å². The van der Waals surface area contributed by atoms with Crippen LogP contribution in [0.2, 0.25) is 0 Å². The second-order valence-electron chi connectivity index (χ2n) is 3.86. The summed E-state index contributed by atoms with van der Waals surface area (Å²) in [6.45, 7) is 5.83. The quantitative estimate of drug-likeness (QED) is 0.564. The Hall–Kier alpha value is -0.610. The topological polar surface area (TPSA) is 38.8 Å². The van der Waals surface area contributed by atoms with E-state index in [0.29, 0.717) is 0 Å². The smallest absolute Gasteiger partial charge is 0.336 e. The monoisotopic (exact) mass is 187 g/mol. The minimum Gasteiger partial charge on any atom is -0.467 e. The molecule has 0 aromatic heterocycles. The molecule has 76 valence electrons. The summed E-state index contributed by atoms with van der Waals surface area (Å²) in [7, 11) is 3.32. The highest BCUT2D eigenvalue weighted by atomic mass is 16.6. The van der Waals surface area contributed by atoms with Crippen LogP contribution in [0.4, 0.5) is 0 Å². The molecule has 0 N–H and O–H groups in total. The third kappa shape index (κ3) is 1.69. The van der Waals surface area contributed by atoms with E-state index < -0.39 is 11.8 Å². The number of likely N-dealkylation sites (N-methyl/N-ethyl adjacent to an activating group) is 1. The molecular weight excluding hydrogens is 170 g/mol. The Morgan fingerprint density at radius 2 is 2.08 bits per heavy atom. The molecule has 1 aliphatic heterocycles. The van der Waals surface area contributed by atoms with Crippen molar-refractivity contribution in [3.8, 4) is 0 Å². The van der Waals surface area contributed by atoms with E-state index in [9.17, 15) is 4.79 Å². The van der Waals surface area contributed by atoms with Gasteiger partial charge in [0.2, 0.25) is 0 Å². The molecule has 0 bridgehead atoms. The van der Waals surface area contributed by atoms with Gasteiger partial charge in [-0.25, -0.2) is 4.79 Å². The van der Waals surface area contributed by atoms with Gasteiger partial charge in [-0.05, 0) is 27.8 Å². The molecule has 0 radical (unpaired) electrons. The first-order valence-electron chi connectivity index (χ1n) is 4.38. The van der Waals surface area contributed by atoms with Gasteiger partial charge in [0.15, 0.2) is 6.10 Å². The van der Waals surface area contributed by atoms with Crippen molar-refractivity contribution in [3.05, 3.63) is 0 Å². The lowest BCUT2D eigenvalue weighted by Crippen LogP contribution is -2.40. The van der Waals surface area contributed by atoms with Gasteiger partial charge in [-0.2, -0.15) is 0 Å². The maximum atomic E-state index is 11.3. The second kappa shape index (κ2) is 3.27. The van der Waals surface area contributed by atoms with Crippen LogP contribution in [-0.4, -0.2) is 42.9 Å². The second-order valence-corrected chi connectivity index (χ2v) is 3.86. The number of ether oxygens (including phenoxy) is 2. The number of carbonyl (C=O) groups excluding carboxylic acids is 1. The van der Waals surface area contributed by atoms with Crippen molar-refractivity contribution in [2.45, 2.75) is 38.6 Å². The summed E-state index contributed by atoms with van der Waals surface area (Å²) in [6, 6.07) is 0.0578. The van der Waals surface area contributed by atoms with Crippen LogP contribution in [0, 0.1) is 0 Å². The Labute approximate surface area is 78.8 Å². The van der Waals surface area contributed by atoms with Crippen molar-refractivity contribution >= 4 is 5.97 Å². The van der Waals surface area contributed by atoms with E-state index in [1.54, 1.807) is 0 Å². The molecule has 4 heteroatoms. The summed E-state index contributed by atoms with van der Waals surface area (Å²) < 4.78 is 10.2. The number of esters is 1. The number of hydrogen-bond donors (Lipinski definition) is 0. The first-order chi connectivity index (χ1) is 5.90. The van der Waals surface area contributed by atoms with Crippen molar-refractivity contribution in [2.75, 3.05) is 14.2 Å². The Morgan fingerprint density at radius 1 is 1.54 bits per heavy atom. The lowest BCUT2D eigenvalue weighted by Gasteiger charge is -2.27. The predicted molar refractivity (Wildman–Crippen MR) is 48.2 cm³/mol. The van der Waals surface area contributed by atoms with Gasteiger partial charge in [0.25, 0.3) is 0 Å². The number of nitrogens with zero attached hydrogens (tertiary/aromatic N) is 1. The molecule has 0 saturated carbocycles. The number of methoxy groups -OCH3 is 1. The maximum Gasteiger partial charge on any atom is 0.336 e. The van der Waals surface area contributed by atoms with E-state index in [4.69, 9.17) is 4.74 Å². The molecule has 1 rings (SSSR count). The van der Waals surface area contributed by atoms with Gasteiger partial charge < -0.3 is 9.47 Å². The summed E-state index contributed by atoms with van der Waals surface area (Å²) >= 11 is 0. The molecule has 1 aliphatic rings. The highest BCUT2D eigenvalue weighted by Gasteiger charge is 2.46. The normalized spacial score (nSPS) is 33.3. The average Bonchev–Trinajstić information content (AvgIpc) is 2.28. The maximum absolute atomic E-state index is 11.3. The third-order valence-electron chi connectivity index (χ3n) is 2.75. The fraction of sp³-hybridized carbons (Fsp3) is 0.889. The highest BCUT2D eigenvalue weighted by Crippen LogP contribution is 2.30. The zero-order chi connectivity index (χ0) is 10.2. The molecule has 4 nitrogen and oxygen atoms in total. The van der Waals surface area contributed by atoms with Gasteiger partial charge in [0.05, 0.1) is 7.11 Å². The zero-order valence-corrected chi connectivity index (χ0v) is 8.83. The number of hydrogen-bond acceptors (Lipinski definition) is 4. The molecule has 0 spiro atoms. The molecule has 0 aliphatic carbocycles. The zero-order valence-electron chi connectivity index (χ0n) is 8.83. The van der Waals surface area contributed by atoms with Crippen LogP contribution in [0.15, 0.2) is 0 Å². The molecule has 1 saturated heterocycles. The molecule has 2 atom stereocenters. The van der Waals surface area contributed by atoms with E-state index in [1.807, 2.05) is 32.7 Å². The number of rotatable bonds is 1. The van der Waals surface area contributed by atoms with Crippen molar-refractivity contribution in [1.29, 1.82) is 0 Å². The molecular formula is C9H17NO3. The molecule has 0 aromatic rings. The lowest BCUT2D eigenvalue weighted by molar-refractivity contribution is -0.158. The van der Waals surface area contributed by atoms with Crippen LogP contribution in [-0.2, 0) is 14.3 Å². The van der Waals surface area contributed by atoms with Gasteiger partial charge in [-0.3, -0.25) is 4.90 Å². The molecule has 2 unspecified atom stereocenters. The minimum atomic E-state index is -0.468. The van der Waals surface area contributed by atoms with E-state index >= 15 is 0 Å².